The summed E-state index contributed by atoms with van der Waals surface area (Å²) < 4.78 is 19.9. The fourth-order valence-electron chi connectivity index (χ4n) is 4.05. The minimum atomic E-state index is -0.846. The van der Waals surface area contributed by atoms with Crippen molar-refractivity contribution in [2.45, 2.75) is 37.8 Å². The normalized spacial score (nSPS) is 17.2. The molecule has 0 spiro atoms. The van der Waals surface area contributed by atoms with Gasteiger partial charge in [0, 0.05) is 17.6 Å². The highest BCUT2D eigenvalue weighted by Crippen LogP contribution is 2.27. The van der Waals surface area contributed by atoms with Gasteiger partial charge in [-0.3, -0.25) is 14.6 Å². The van der Waals surface area contributed by atoms with Gasteiger partial charge < -0.3 is 32.2 Å². The van der Waals surface area contributed by atoms with E-state index in [1.54, 1.807) is 37.4 Å². The van der Waals surface area contributed by atoms with E-state index in [-0.39, 0.29) is 35.2 Å². The van der Waals surface area contributed by atoms with Crippen LogP contribution in [0.2, 0.25) is 0 Å². The number of halogens is 1. The molecule has 2 aromatic heterocycles. The maximum absolute atomic E-state index is 14.8. The number of aromatic nitrogens is 2. The molecule has 7 N–H and O–H groups in total. The highest BCUT2D eigenvalue weighted by atomic mass is 19.1. The molecular weight excluding hydrogens is 465 g/mol. The Hall–Kier alpha value is -4.25. The van der Waals surface area contributed by atoms with E-state index in [2.05, 4.69) is 25.9 Å². The van der Waals surface area contributed by atoms with Crippen LogP contribution < -0.4 is 32.2 Å². The van der Waals surface area contributed by atoms with Gasteiger partial charge in [-0.05, 0) is 49.2 Å². The number of hydrogen-bond acceptors (Lipinski definition) is 8. The molecule has 1 aliphatic rings. The van der Waals surface area contributed by atoms with Crippen LogP contribution in [0, 0.1) is 5.82 Å². The topological polar surface area (TPSA) is 157 Å². The molecule has 1 aromatic carbocycles. The molecule has 0 aliphatic heterocycles. The smallest absolute Gasteiger partial charge is 0.255 e. The Kier molecular flexibility index (Phi) is 7.59. The first-order valence-electron chi connectivity index (χ1n) is 11.5. The predicted molar refractivity (Wildman–Crippen MR) is 135 cm³/mol. The van der Waals surface area contributed by atoms with Crippen LogP contribution in [0.1, 0.15) is 46.4 Å². The van der Waals surface area contributed by atoms with E-state index < -0.39 is 11.7 Å². The summed E-state index contributed by atoms with van der Waals surface area (Å²) in [5, 5.41) is 8.79. The first-order valence-corrected chi connectivity index (χ1v) is 11.5. The van der Waals surface area contributed by atoms with Crippen molar-refractivity contribution >= 4 is 34.8 Å². The third-order valence-corrected chi connectivity index (χ3v) is 5.99. The van der Waals surface area contributed by atoms with E-state index in [0.717, 1.165) is 31.7 Å². The summed E-state index contributed by atoms with van der Waals surface area (Å²) >= 11 is 0. The Morgan fingerprint density at radius 1 is 1.06 bits per heavy atom. The third-order valence-electron chi connectivity index (χ3n) is 5.99. The van der Waals surface area contributed by atoms with E-state index in [0.29, 0.717) is 22.7 Å². The summed E-state index contributed by atoms with van der Waals surface area (Å²) in [4.78, 5) is 33.0. The average molecular weight is 494 g/mol. The number of rotatable bonds is 8. The van der Waals surface area contributed by atoms with Crippen molar-refractivity contribution in [2.75, 3.05) is 23.1 Å². The number of benzene rings is 1. The van der Waals surface area contributed by atoms with E-state index in [9.17, 15) is 14.0 Å². The van der Waals surface area contributed by atoms with Crippen LogP contribution in [0.4, 0.5) is 27.4 Å². The van der Waals surface area contributed by atoms with Gasteiger partial charge in [0.15, 0.2) is 11.6 Å². The molecule has 1 saturated carbocycles. The summed E-state index contributed by atoms with van der Waals surface area (Å²) in [6.45, 7) is 0. The molecular formula is C25H28FN7O3. The second-order valence-corrected chi connectivity index (χ2v) is 8.55. The number of nitrogens with zero attached hydrogens (tertiary/aromatic N) is 2. The van der Waals surface area contributed by atoms with Gasteiger partial charge in [0.05, 0.1) is 36.4 Å². The first-order chi connectivity index (χ1) is 17.3. The maximum Gasteiger partial charge on any atom is 0.255 e. The number of nitrogens with one attached hydrogen (secondary N) is 3. The van der Waals surface area contributed by atoms with Crippen LogP contribution in [-0.2, 0) is 0 Å². The van der Waals surface area contributed by atoms with Crippen molar-refractivity contribution in [2.24, 2.45) is 11.5 Å². The number of amides is 2. The lowest BCUT2D eigenvalue weighted by Crippen LogP contribution is -2.43. The van der Waals surface area contributed by atoms with E-state index >= 15 is 0 Å². The van der Waals surface area contributed by atoms with Gasteiger partial charge in [-0.2, -0.15) is 0 Å². The summed E-state index contributed by atoms with van der Waals surface area (Å²) in [5.41, 5.74) is 12.8. The van der Waals surface area contributed by atoms with E-state index in [1.807, 2.05) is 0 Å². The summed E-state index contributed by atoms with van der Waals surface area (Å²) in [7, 11) is 1.54. The van der Waals surface area contributed by atoms with E-state index in [4.69, 9.17) is 16.2 Å². The predicted octanol–water partition coefficient (Wildman–Crippen LogP) is 3.40. The van der Waals surface area contributed by atoms with Gasteiger partial charge in [0.2, 0.25) is 0 Å². The number of methoxy groups -OCH3 is 1. The molecule has 2 heterocycles. The molecule has 0 radical (unpaired) electrons. The average Bonchev–Trinajstić information content (AvgIpc) is 2.87. The molecule has 2 amide bonds. The molecule has 11 heteroatoms. The summed E-state index contributed by atoms with van der Waals surface area (Å²) in [6.07, 6.45) is 6.59. The zero-order valence-corrected chi connectivity index (χ0v) is 19.8. The monoisotopic (exact) mass is 493 g/mol. The zero-order valence-electron chi connectivity index (χ0n) is 19.8. The number of pyridine rings is 2. The minimum Gasteiger partial charge on any atom is -0.497 e. The van der Waals surface area contributed by atoms with Gasteiger partial charge >= 0.3 is 0 Å². The lowest BCUT2D eigenvalue weighted by Gasteiger charge is -2.30. The quantitative estimate of drug-likeness (QED) is 0.319. The Bertz CT molecular complexity index is 1250. The van der Waals surface area contributed by atoms with Gasteiger partial charge in [-0.25, -0.2) is 9.37 Å². The van der Waals surface area contributed by atoms with Crippen molar-refractivity contribution in [3.8, 4) is 5.75 Å². The van der Waals surface area contributed by atoms with Gasteiger partial charge in [-0.1, -0.05) is 12.8 Å². The van der Waals surface area contributed by atoms with Crippen molar-refractivity contribution in [3.63, 3.8) is 0 Å². The van der Waals surface area contributed by atoms with Crippen LogP contribution in [0.3, 0.4) is 0 Å². The van der Waals surface area contributed by atoms with E-state index in [1.165, 1.54) is 12.4 Å². The minimum absolute atomic E-state index is 0.0261. The van der Waals surface area contributed by atoms with Crippen molar-refractivity contribution in [3.05, 3.63) is 65.7 Å². The fourth-order valence-corrected chi connectivity index (χ4v) is 4.05. The number of hydrogen-bond donors (Lipinski definition) is 5. The Labute approximate surface area is 207 Å². The molecule has 4 rings (SSSR count). The highest BCUT2D eigenvalue weighted by Gasteiger charge is 2.24. The molecule has 0 bridgehead atoms. The van der Waals surface area contributed by atoms with Gasteiger partial charge in [0.25, 0.3) is 11.8 Å². The Balaban J connectivity index is 1.54. The van der Waals surface area contributed by atoms with Crippen LogP contribution in [-0.4, -0.2) is 41.0 Å². The maximum atomic E-state index is 14.8. The summed E-state index contributed by atoms with van der Waals surface area (Å²) in [6, 6.07) is 9.03. The summed E-state index contributed by atoms with van der Waals surface area (Å²) in [5.74, 6) is -1.23. The standard InChI is InChI=1S/C25H28FN7O3/c1-36-17-8-6-14(7-9-17)25(35)31-16-10-15(12-29-13-16)30-23-18(22(28)34)11-19(26)24(33-23)32-21-5-3-2-4-20(21)27/h6-13,20-21H,2-5,27H2,1H3,(H2,28,34)(H,31,35)(H2,30,32,33)/t20-,21?/m0/s1. The molecule has 3 aromatic rings. The lowest BCUT2D eigenvalue weighted by atomic mass is 9.91. The first kappa shape index (κ1) is 24.9. The number of carbonyl (C=O) groups excluding carboxylic acids is 2. The van der Waals surface area contributed by atoms with Crippen molar-refractivity contribution in [1.29, 1.82) is 0 Å². The highest BCUT2D eigenvalue weighted by molar-refractivity contribution is 6.04. The SMILES string of the molecule is COc1ccc(C(=O)Nc2cncc(Nc3nc(NC4CCCC[C@@H]4N)c(F)cc3C(N)=O)c2)cc1. The van der Waals surface area contributed by atoms with Crippen LogP contribution >= 0.6 is 0 Å². The number of nitrogens with two attached hydrogens (primary N) is 2. The van der Waals surface area contributed by atoms with Crippen LogP contribution in [0.5, 0.6) is 5.75 Å². The molecule has 10 nitrogen and oxygen atoms in total. The molecule has 1 fully saturated rings. The second-order valence-electron chi connectivity index (χ2n) is 8.55. The Morgan fingerprint density at radius 3 is 2.47 bits per heavy atom. The molecule has 1 unspecified atom stereocenters. The van der Waals surface area contributed by atoms with Gasteiger partial charge in [0.1, 0.15) is 11.6 Å². The number of primary amides is 1. The number of carbonyl (C=O) groups is 2. The number of anilines is 4. The molecule has 188 valence electrons. The molecule has 1 aliphatic carbocycles. The molecule has 0 saturated heterocycles. The van der Waals surface area contributed by atoms with Crippen LogP contribution in [0.25, 0.3) is 0 Å². The van der Waals surface area contributed by atoms with Crippen molar-refractivity contribution < 1.29 is 18.7 Å². The molecule has 36 heavy (non-hydrogen) atoms. The second kappa shape index (κ2) is 11.0. The molecule has 2 atom stereocenters. The third kappa shape index (κ3) is 5.87. The zero-order chi connectivity index (χ0) is 25.7. The Morgan fingerprint density at radius 2 is 1.78 bits per heavy atom. The van der Waals surface area contributed by atoms with Crippen LogP contribution in [0.15, 0.2) is 48.8 Å². The lowest BCUT2D eigenvalue weighted by molar-refractivity contribution is 0.0997. The largest absolute Gasteiger partial charge is 0.497 e. The van der Waals surface area contributed by atoms with Gasteiger partial charge in [-0.15, -0.1) is 0 Å². The van der Waals surface area contributed by atoms with Crippen molar-refractivity contribution in [1.82, 2.24) is 9.97 Å². The fraction of sp³-hybridized carbons (Fsp3) is 0.280. The number of ether oxygens (including phenoxy) is 1.